The molecule has 7 nitrogen and oxygen atoms in total. The van der Waals surface area contributed by atoms with Gasteiger partial charge in [-0.25, -0.2) is 0 Å². The Labute approximate surface area is 180 Å². The highest BCUT2D eigenvalue weighted by atomic mass is 79.9. The van der Waals surface area contributed by atoms with Crippen molar-refractivity contribution in [3.8, 4) is 11.5 Å². The molecule has 3 rings (SSSR count). The van der Waals surface area contributed by atoms with Gasteiger partial charge >= 0.3 is 0 Å². The normalized spacial score (nSPS) is 15.1. The van der Waals surface area contributed by atoms with Crippen molar-refractivity contribution in [1.82, 2.24) is 4.90 Å². The summed E-state index contributed by atoms with van der Waals surface area (Å²) >= 11 is 4.15. The van der Waals surface area contributed by atoms with Crippen LogP contribution >= 0.6 is 27.7 Å². The first-order chi connectivity index (χ1) is 13.9. The Morgan fingerprint density at radius 1 is 1.17 bits per heavy atom. The van der Waals surface area contributed by atoms with Crippen LogP contribution in [-0.4, -0.2) is 35.6 Å². The number of hydrogen-bond acceptors (Lipinski definition) is 6. The molecular formula is C20H17BrN2O5S. The molecule has 0 radical (unpaired) electrons. The minimum absolute atomic E-state index is 0.209. The van der Waals surface area contributed by atoms with E-state index in [-0.39, 0.29) is 4.91 Å². The molecule has 1 heterocycles. The van der Waals surface area contributed by atoms with Crippen molar-refractivity contribution in [3.63, 3.8) is 0 Å². The molecule has 3 amide bonds. The van der Waals surface area contributed by atoms with E-state index in [1.54, 1.807) is 24.3 Å². The van der Waals surface area contributed by atoms with Crippen LogP contribution in [0.25, 0.3) is 6.08 Å². The fraction of sp³-hybridized carbons (Fsp3) is 0.150. The number of nitrogens with two attached hydrogens (primary N) is 1. The molecule has 0 saturated carbocycles. The summed E-state index contributed by atoms with van der Waals surface area (Å²) in [6.45, 7) is -0.103. The molecule has 0 bridgehead atoms. The van der Waals surface area contributed by atoms with E-state index in [0.29, 0.717) is 23.7 Å². The van der Waals surface area contributed by atoms with E-state index >= 15 is 0 Å². The Morgan fingerprint density at radius 2 is 1.90 bits per heavy atom. The zero-order chi connectivity index (χ0) is 21.0. The third-order valence-electron chi connectivity index (χ3n) is 3.98. The van der Waals surface area contributed by atoms with Crippen LogP contribution in [0.4, 0.5) is 4.79 Å². The molecule has 0 aliphatic carbocycles. The van der Waals surface area contributed by atoms with Crippen LogP contribution in [0.1, 0.15) is 11.1 Å². The van der Waals surface area contributed by atoms with Crippen LogP contribution < -0.4 is 15.2 Å². The average molecular weight is 477 g/mol. The topological polar surface area (TPSA) is 98.9 Å². The van der Waals surface area contributed by atoms with Crippen molar-refractivity contribution in [2.24, 2.45) is 5.73 Å². The number of rotatable bonds is 7. The summed E-state index contributed by atoms with van der Waals surface area (Å²) in [5.74, 6) is -0.254. The summed E-state index contributed by atoms with van der Waals surface area (Å²) < 4.78 is 12.2. The molecule has 1 saturated heterocycles. The summed E-state index contributed by atoms with van der Waals surface area (Å²) in [6, 6.07) is 12.9. The molecule has 0 spiro atoms. The van der Waals surface area contributed by atoms with Crippen LogP contribution in [0.5, 0.6) is 11.5 Å². The largest absolute Gasteiger partial charge is 0.493 e. The molecule has 2 aromatic carbocycles. The number of carbonyl (C=O) groups is 3. The van der Waals surface area contributed by atoms with Gasteiger partial charge in [-0.3, -0.25) is 19.3 Å². The fourth-order valence-corrected chi connectivity index (χ4v) is 3.68. The molecule has 29 heavy (non-hydrogen) atoms. The van der Waals surface area contributed by atoms with Gasteiger partial charge in [-0.2, -0.15) is 0 Å². The van der Waals surface area contributed by atoms with E-state index in [4.69, 9.17) is 15.2 Å². The van der Waals surface area contributed by atoms with Crippen molar-refractivity contribution in [1.29, 1.82) is 0 Å². The van der Waals surface area contributed by atoms with Crippen LogP contribution in [0.3, 0.4) is 0 Å². The van der Waals surface area contributed by atoms with E-state index in [0.717, 1.165) is 26.7 Å². The van der Waals surface area contributed by atoms with E-state index in [1.807, 2.05) is 24.3 Å². The SMILES string of the molecule is COc1ccc(/C=C2\SC(=O)N(CC(N)=O)C2=O)cc1OCc1ccc(Br)cc1. The Balaban J connectivity index is 1.80. The van der Waals surface area contributed by atoms with Crippen molar-refractivity contribution in [2.75, 3.05) is 13.7 Å². The zero-order valence-electron chi connectivity index (χ0n) is 15.4. The highest BCUT2D eigenvalue weighted by molar-refractivity contribution is 9.10. The third-order valence-corrected chi connectivity index (χ3v) is 5.42. The summed E-state index contributed by atoms with van der Waals surface area (Å²) in [5.41, 5.74) is 6.72. The highest BCUT2D eigenvalue weighted by Gasteiger charge is 2.35. The van der Waals surface area contributed by atoms with Gasteiger partial charge in [0.15, 0.2) is 11.5 Å². The molecule has 0 atom stereocenters. The number of thioether (sulfide) groups is 1. The van der Waals surface area contributed by atoms with Crippen LogP contribution in [0, 0.1) is 0 Å². The van der Waals surface area contributed by atoms with Gasteiger partial charge in [-0.15, -0.1) is 0 Å². The molecule has 2 N–H and O–H groups in total. The standard InChI is InChI=1S/C20H17BrN2O5S/c1-27-15-7-4-13(8-16(15)28-11-12-2-5-14(21)6-3-12)9-17-19(25)23(10-18(22)24)20(26)29-17/h2-9H,10-11H2,1H3,(H2,22,24)/b17-9-. The summed E-state index contributed by atoms with van der Waals surface area (Å²) in [5, 5.41) is -0.528. The van der Waals surface area contributed by atoms with Gasteiger partial charge in [0.1, 0.15) is 13.2 Å². The molecule has 2 aromatic rings. The Kier molecular flexibility index (Phi) is 6.60. The lowest BCUT2D eigenvalue weighted by atomic mass is 10.1. The summed E-state index contributed by atoms with van der Waals surface area (Å²) in [6.07, 6.45) is 1.57. The van der Waals surface area contributed by atoms with Crippen LogP contribution in [0.2, 0.25) is 0 Å². The lowest BCUT2D eigenvalue weighted by molar-refractivity contribution is -0.127. The molecule has 150 valence electrons. The van der Waals surface area contributed by atoms with E-state index in [2.05, 4.69) is 15.9 Å². The zero-order valence-corrected chi connectivity index (χ0v) is 17.8. The molecule has 9 heteroatoms. The first-order valence-electron chi connectivity index (χ1n) is 8.46. The van der Waals surface area contributed by atoms with Gasteiger partial charge in [-0.05, 0) is 53.2 Å². The van der Waals surface area contributed by atoms with Gasteiger partial charge < -0.3 is 15.2 Å². The second-order valence-corrected chi connectivity index (χ2v) is 7.97. The fourth-order valence-electron chi connectivity index (χ4n) is 2.58. The molecule has 0 aromatic heterocycles. The molecule has 1 aliphatic rings. The number of benzene rings is 2. The Bertz CT molecular complexity index is 991. The van der Waals surface area contributed by atoms with E-state index in [1.165, 1.54) is 7.11 Å². The highest BCUT2D eigenvalue weighted by Crippen LogP contribution is 2.34. The maximum absolute atomic E-state index is 12.4. The lowest BCUT2D eigenvalue weighted by Crippen LogP contribution is -2.36. The van der Waals surface area contributed by atoms with Gasteiger partial charge in [0.25, 0.3) is 11.1 Å². The van der Waals surface area contributed by atoms with Crippen molar-refractivity contribution in [2.45, 2.75) is 6.61 Å². The number of imide groups is 1. The second-order valence-electron chi connectivity index (χ2n) is 6.06. The number of hydrogen-bond donors (Lipinski definition) is 1. The molecule has 1 aliphatic heterocycles. The second kappa shape index (κ2) is 9.15. The maximum Gasteiger partial charge on any atom is 0.294 e. The third kappa shape index (κ3) is 5.18. The van der Waals surface area contributed by atoms with Crippen LogP contribution in [0.15, 0.2) is 51.8 Å². The van der Waals surface area contributed by atoms with Gasteiger partial charge in [-0.1, -0.05) is 34.1 Å². The van der Waals surface area contributed by atoms with Crippen molar-refractivity contribution in [3.05, 3.63) is 63.0 Å². The predicted octanol–water partition coefficient (Wildman–Crippen LogP) is 3.56. The quantitative estimate of drug-likeness (QED) is 0.613. The molecule has 1 fully saturated rings. The maximum atomic E-state index is 12.4. The lowest BCUT2D eigenvalue weighted by Gasteiger charge is -2.12. The van der Waals surface area contributed by atoms with E-state index < -0.39 is 23.6 Å². The Morgan fingerprint density at radius 3 is 2.55 bits per heavy atom. The number of halogens is 1. The van der Waals surface area contributed by atoms with Gasteiger partial charge in [0, 0.05) is 4.47 Å². The number of carbonyl (C=O) groups excluding carboxylic acids is 3. The van der Waals surface area contributed by atoms with E-state index in [9.17, 15) is 14.4 Å². The number of ether oxygens (including phenoxy) is 2. The summed E-state index contributed by atoms with van der Waals surface area (Å²) in [4.78, 5) is 36.4. The molecule has 0 unspecified atom stereocenters. The van der Waals surface area contributed by atoms with Crippen molar-refractivity contribution < 1.29 is 23.9 Å². The van der Waals surface area contributed by atoms with Gasteiger partial charge in [0.2, 0.25) is 5.91 Å². The minimum atomic E-state index is -0.748. The number of nitrogens with zero attached hydrogens (tertiary/aromatic N) is 1. The first-order valence-corrected chi connectivity index (χ1v) is 10.1. The van der Waals surface area contributed by atoms with Gasteiger partial charge in [0.05, 0.1) is 12.0 Å². The first kappa shape index (κ1) is 20.9. The average Bonchev–Trinajstić information content (AvgIpc) is 2.94. The number of methoxy groups -OCH3 is 1. The Hall–Kier alpha value is -2.78. The van der Waals surface area contributed by atoms with Crippen LogP contribution in [-0.2, 0) is 16.2 Å². The summed E-state index contributed by atoms with van der Waals surface area (Å²) in [7, 11) is 1.54. The molecular weight excluding hydrogens is 460 g/mol. The minimum Gasteiger partial charge on any atom is -0.493 e. The monoisotopic (exact) mass is 476 g/mol. The predicted molar refractivity (Wildman–Crippen MR) is 113 cm³/mol. The number of amides is 3. The van der Waals surface area contributed by atoms with Crippen molar-refractivity contribution >= 4 is 50.8 Å². The number of primary amides is 1. The smallest absolute Gasteiger partial charge is 0.294 e.